The van der Waals surface area contributed by atoms with Gasteiger partial charge in [-0.2, -0.15) is 0 Å². The number of piperidine rings is 1. The van der Waals surface area contributed by atoms with Gasteiger partial charge in [-0.3, -0.25) is 4.90 Å². The molecule has 100 valence electrons. The number of hydrogen-bond donors (Lipinski definition) is 2. The fraction of sp³-hybridized carbons (Fsp3) is 1.00. The van der Waals surface area contributed by atoms with E-state index in [-0.39, 0.29) is 6.61 Å². The Balaban J connectivity index is 1.74. The molecule has 2 atom stereocenters. The van der Waals surface area contributed by atoms with Crippen LogP contribution < -0.4 is 5.32 Å². The Morgan fingerprint density at radius 2 is 1.94 bits per heavy atom. The highest BCUT2D eigenvalue weighted by molar-refractivity contribution is 4.84. The van der Waals surface area contributed by atoms with Gasteiger partial charge in [-0.25, -0.2) is 0 Å². The Morgan fingerprint density at radius 3 is 2.65 bits per heavy atom. The molecule has 0 aromatic carbocycles. The summed E-state index contributed by atoms with van der Waals surface area (Å²) in [5, 5.41) is 12.8. The second kappa shape index (κ2) is 6.69. The molecule has 2 fully saturated rings. The van der Waals surface area contributed by atoms with Crippen LogP contribution in [0.3, 0.4) is 0 Å². The van der Waals surface area contributed by atoms with Gasteiger partial charge >= 0.3 is 0 Å². The molecule has 2 unspecified atom stereocenters. The van der Waals surface area contributed by atoms with Gasteiger partial charge in [-0.05, 0) is 32.9 Å². The van der Waals surface area contributed by atoms with Crippen LogP contribution >= 0.6 is 0 Å². The van der Waals surface area contributed by atoms with E-state index in [4.69, 9.17) is 0 Å². The van der Waals surface area contributed by atoms with Crippen LogP contribution in [0.25, 0.3) is 0 Å². The van der Waals surface area contributed by atoms with Crippen LogP contribution in [0.2, 0.25) is 0 Å². The van der Waals surface area contributed by atoms with Crippen molar-refractivity contribution in [3.05, 3.63) is 0 Å². The lowest BCUT2D eigenvalue weighted by atomic mass is 10.1. The van der Waals surface area contributed by atoms with Crippen LogP contribution in [0.5, 0.6) is 0 Å². The van der Waals surface area contributed by atoms with Crippen molar-refractivity contribution in [3.63, 3.8) is 0 Å². The Kier molecular flexibility index (Phi) is 5.22. The van der Waals surface area contributed by atoms with E-state index in [0.29, 0.717) is 12.1 Å². The summed E-state index contributed by atoms with van der Waals surface area (Å²) in [5.41, 5.74) is 0. The van der Waals surface area contributed by atoms with Crippen LogP contribution in [0, 0.1) is 0 Å². The maximum absolute atomic E-state index is 9.39. The van der Waals surface area contributed by atoms with Crippen LogP contribution in [0.15, 0.2) is 0 Å². The van der Waals surface area contributed by atoms with Gasteiger partial charge in [0.2, 0.25) is 0 Å². The number of nitrogens with zero attached hydrogens (tertiary/aromatic N) is 2. The van der Waals surface area contributed by atoms with Gasteiger partial charge in [0, 0.05) is 38.3 Å². The quantitative estimate of drug-likeness (QED) is 0.734. The van der Waals surface area contributed by atoms with Crippen molar-refractivity contribution in [2.75, 3.05) is 45.9 Å². The van der Waals surface area contributed by atoms with Gasteiger partial charge in [-0.15, -0.1) is 0 Å². The summed E-state index contributed by atoms with van der Waals surface area (Å²) >= 11 is 0. The molecule has 0 saturated carbocycles. The van der Waals surface area contributed by atoms with Gasteiger partial charge in [0.05, 0.1) is 6.61 Å². The zero-order chi connectivity index (χ0) is 12.1. The lowest BCUT2D eigenvalue weighted by Crippen LogP contribution is -2.58. The Bertz CT molecular complexity index is 219. The van der Waals surface area contributed by atoms with E-state index in [1.54, 1.807) is 0 Å². The van der Waals surface area contributed by atoms with Crippen molar-refractivity contribution in [1.82, 2.24) is 15.1 Å². The number of piperazine rings is 1. The van der Waals surface area contributed by atoms with Crippen LogP contribution in [-0.2, 0) is 0 Å². The lowest BCUT2D eigenvalue weighted by Gasteiger charge is -2.39. The first-order valence-electron chi connectivity index (χ1n) is 7.10. The van der Waals surface area contributed by atoms with E-state index in [2.05, 4.69) is 22.0 Å². The number of aliphatic hydroxyl groups excluding tert-OH is 1. The summed E-state index contributed by atoms with van der Waals surface area (Å²) in [6.07, 6.45) is 4.13. The monoisotopic (exact) mass is 241 g/mol. The topological polar surface area (TPSA) is 38.7 Å². The number of nitrogens with one attached hydrogen (secondary N) is 1. The molecule has 0 aromatic rings. The van der Waals surface area contributed by atoms with Gasteiger partial charge in [0.15, 0.2) is 0 Å². The van der Waals surface area contributed by atoms with Crippen molar-refractivity contribution in [2.45, 2.75) is 38.3 Å². The third-order valence-electron chi connectivity index (χ3n) is 4.09. The highest BCUT2D eigenvalue weighted by Gasteiger charge is 2.25. The van der Waals surface area contributed by atoms with Gasteiger partial charge in [0.25, 0.3) is 0 Å². The largest absolute Gasteiger partial charge is 0.395 e. The maximum atomic E-state index is 9.39. The van der Waals surface area contributed by atoms with Crippen molar-refractivity contribution in [3.8, 4) is 0 Å². The van der Waals surface area contributed by atoms with E-state index in [0.717, 1.165) is 19.6 Å². The first-order valence-corrected chi connectivity index (χ1v) is 7.10. The lowest BCUT2D eigenvalue weighted by molar-refractivity contribution is 0.0711. The average Bonchev–Trinajstić information content (AvgIpc) is 2.38. The van der Waals surface area contributed by atoms with E-state index in [1.165, 1.54) is 38.9 Å². The molecule has 2 aliphatic heterocycles. The van der Waals surface area contributed by atoms with Crippen LogP contribution in [-0.4, -0.2) is 72.9 Å². The van der Waals surface area contributed by atoms with Gasteiger partial charge < -0.3 is 15.3 Å². The first kappa shape index (κ1) is 13.3. The molecule has 2 N–H and O–H groups in total. The Labute approximate surface area is 105 Å². The van der Waals surface area contributed by atoms with Crippen LogP contribution in [0.1, 0.15) is 26.2 Å². The molecule has 0 aliphatic carbocycles. The minimum Gasteiger partial charge on any atom is -0.395 e. The highest BCUT2D eigenvalue weighted by atomic mass is 16.3. The fourth-order valence-corrected chi connectivity index (χ4v) is 2.94. The fourth-order valence-electron chi connectivity index (χ4n) is 2.94. The number of hydrogen-bond acceptors (Lipinski definition) is 4. The van der Waals surface area contributed by atoms with E-state index < -0.39 is 0 Å². The minimum absolute atomic E-state index is 0.278. The molecule has 2 heterocycles. The molecule has 4 heteroatoms. The van der Waals surface area contributed by atoms with E-state index in [1.807, 2.05) is 0 Å². The van der Waals surface area contributed by atoms with Crippen molar-refractivity contribution >= 4 is 0 Å². The molecular weight excluding hydrogens is 214 g/mol. The molecule has 4 nitrogen and oxygen atoms in total. The Morgan fingerprint density at radius 1 is 1.18 bits per heavy atom. The third kappa shape index (κ3) is 3.91. The van der Waals surface area contributed by atoms with E-state index in [9.17, 15) is 5.11 Å². The number of aliphatic hydroxyl groups is 1. The molecule has 0 bridgehead atoms. The predicted octanol–water partition coefficient (Wildman–Crippen LogP) is 0.127. The van der Waals surface area contributed by atoms with E-state index >= 15 is 0 Å². The minimum atomic E-state index is 0.278. The maximum Gasteiger partial charge on any atom is 0.0599 e. The molecule has 0 aromatic heterocycles. The molecule has 2 rings (SSSR count). The molecule has 2 saturated heterocycles. The average molecular weight is 241 g/mol. The summed E-state index contributed by atoms with van der Waals surface area (Å²) in [4.78, 5) is 5.03. The van der Waals surface area contributed by atoms with Gasteiger partial charge in [0.1, 0.15) is 0 Å². The highest BCUT2D eigenvalue weighted by Crippen LogP contribution is 2.10. The molecule has 0 radical (unpaired) electrons. The van der Waals surface area contributed by atoms with Gasteiger partial charge in [-0.1, -0.05) is 6.42 Å². The number of likely N-dealkylation sites (tertiary alicyclic amines) is 1. The smallest absolute Gasteiger partial charge is 0.0599 e. The third-order valence-corrected chi connectivity index (χ3v) is 4.09. The second-order valence-corrected chi connectivity index (χ2v) is 5.54. The van der Waals surface area contributed by atoms with Crippen molar-refractivity contribution < 1.29 is 5.11 Å². The second-order valence-electron chi connectivity index (χ2n) is 5.54. The normalized spacial score (nSPS) is 32.8. The molecule has 17 heavy (non-hydrogen) atoms. The van der Waals surface area contributed by atoms with Crippen LogP contribution in [0.4, 0.5) is 0 Å². The van der Waals surface area contributed by atoms with Crippen molar-refractivity contribution in [2.24, 2.45) is 0 Å². The molecule has 2 aliphatic rings. The summed E-state index contributed by atoms with van der Waals surface area (Å²) in [6, 6.07) is 0.871. The molecule has 0 amide bonds. The zero-order valence-electron chi connectivity index (χ0n) is 11.1. The summed E-state index contributed by atoms with van der Waals surface area (Å²) in [5.74, 6) is 0. The zero-order valence-corrected chi connectivity index (χ0v) is 11.1. The predicted molar refractivity (Wildman–Crippen MR) is 70.2 cm³/mol. The number of rotatable bonds is 4. The molecule has 0 spiro atoms. The Hall–Kier alpha value is -0.160. The summed E-state index contributed by atoms with van der Waals surface area (Å²) in [6.45, 7) is 9.31. The summed E-state index contributed by atoms with van der Waals surface area (Å²) < 4.78 is 0. The first-order chi connectivity index (χ1) is 8.29. The van der Waals surface area contributed by atoms with Crippen molar-refractivity contribution in [1.29, 1.82) is 0 Å². The molecular formula is C13H27N3O. The SMILES string of the molecule is CC1CN(CCN2CCCCC2)C(CO)CN1. The summed E-state index contributed by atoms with van der Waals surface area (Å²) in [7, 11) is 0. The standard InChI is InChI=1S/C13H27N3O/c1-12-10-16(13(11-17)9-14-12)8-7-15-5-3-2-4-6-15/h12-14,17H,2-11H2,1H3.